The highest BCUT2D eigenvalue weighted by molar-refractivity contribution is 6.15. The van der Waals surface area contributed by atoms with Gasteiger partial charge < -0.3 is 24.7 Å². The van der Waals surface area contributed by atoms with Gasteiger partial charge in [-0.1, -0.05) is 18.2 Å². The molecule has 0 unspecified atom stereocenters. The van der Waals surface area contributed by atoms with Crippen molar-refractivity contribution in [2.24, 2.45) is 0 Å². The van der Waals surface area contributed by atoms with Crippen molar-refractivity contribution in [3.8, 4) is 17.2 Å². The summed E-state index contributed by atoms with van der Waals surface area (Å²) in [6.07, 6.45) is 0. The van der Waals surface area contributed by atoms with Crippen molar-refractivity contribution < 1.29 is 19.7 Å². The number of furan rings is 1. The van der Waals surface area contributed by atoms with E-state index >= 15 is 0 Å². The zero-order valence-electron chi connectivity index (χ0n) is 10.5. The second-order valence-corrected chi connectivity index (χ2v) is 4.77. The van der Waals surface area contributed by atoms with Crippen LogP contribution in [0.4, 0.5) is 0 Å². The van der Waals surface area contributed by atoms with Gasteiger partial charge in [-0.3, -0.25) is 4.79 Å². The van der Waals surface area contributed by atoms with Crippen molar-refractivity contribution in [3.63, 3.8) is 0 Å². The molecule has 4 rings (SSSR count). The average molecular weight is 283 g/mol. The molecule has 0 bridgehead atoms. The lowest BCUT2D eigenvalue weighted by atomic mass is 10.1. The quantitative estimate of drug-likeness (QED) is 0.371. The number of fused-ring (bicyclic) bond motifs is 5. The minimum atomic E-state index is -0.656. The van der Waals surface area contributed by atoms with E-state index in [0.717, 1.165) is 0 Å². The molecule has 2 aromatic heterocycles. The summed E-state index contributed by atoms with van der Waals surface area (Å²) in [4.78, 5) is 14.8. The molecule has 0 atom stereocenters. The summed E-state index contributed by atoms with van der Waals surface area (Å²) in [5.41, 5.74) is 0.450. The number of phenolic OH excluding ortho intramolecular Hbond substituents is 3. The second-order valence-electron chi connectivity index (χ2n) is 4.77. The molecule has 2 aromatic carbocycles. The van der Waals surface area contributed by atoms with Crippen LogP contribution in [0, 0.1) is 0 Å². The highest BCUT2D eigenvalue weighted by atomic mass is 16.3. The fourth-order valence-electron chi connectivity index (χ4n) is 2.60. The van der Waals surface area contributed by atoms with Gasteiger partial charge in [0.1, 0.15) is 5.58 Å². The third-order valence-electron chi connectivity index (χ3n) is 3.55. The summed E-state index contributed by atoms with van der Waals surface area (Å²) in [7, 11) is 0. The molecule has 0 radical (unpaired) electrons. The summed E-state index contributed by atoms with van der Waals surface area (Å²) in [5.74, 6) is -1.72. The van der Waals surface area contributed by atoms with Gasteiger partial charge in [0, 0.05) is 11.5 Å². The Kier molecular flexibility index (Phi) is 2.05. The van der Waals surface area contributed by atoms with Crippen LogP contribution in [0.2, 0.25) is 0 Å². The number of pyridine rings is 1. The molecule has 0 spiro atoms. The van der Waals surface area contributed by atoms with Crippen molar-refractivity contribution >= 4 is 32.8 Å². The third kappa shape index (κ3) is 1.38. The first-order valence-corrected chi connectivity index (χ1v) is 6.19. The van der Waals surface area contributed by atoms with Crippen LogP contribution in [0.25, 0.3) is 32.8 Å². The Hall–Kier alpha value is -3.15. The highest BCUT2D eigenvalue weighted by Gasteiger charge is 2.20. The van der Waals surface area contributed by atoms with Crippen LogP contribution in [-0.2, 0) is 0 Å². The van der Waals surface area contributed by atoms with Gasteiger partial charge in [-0.25, -0.2) is 0 Å². The lowest BCUT2D eigenvalue weighted by Crippen LogP contribution is -2.05. The maximum Gasteiger partial charge on any atom is 0.260 e. The number of aromatic amines is 1. The van der Waals surface area contributed by atoms with Gasteiger partial charge in [0.2, 0.25) is 5.75 Å². The average Bonchev–Trinajstić information content (AvgIpc) is 2.84. The number of hydrogen-bond donors (Lipinski definition) is 4. The van der Waals surface area contributed by atoms with Crippen LogP contribution in [0.1, 0.15) is 0 Å². The fraction of sp³-hybridized carbons (Fsp3) is 0. The molecule has 6 heteroatoms. The molecule has 0 aliphatic carbocycles. The van der Waals surface area contributed by atoms with Gasteiger partial charge in [-0.15, -0.1) is 0 Å². The minimum absolute atomic E-state index is 0.149. The third-order valence-corrected chi connectivity index (χ3v) is 3.55. The van der Waals surface area contributed by atoms with Gasteiger partial charge in [-0.2, -0.15) is 0 Å². The number of phenols is 3. The predicted octanol–water partition coefficient (Wildman–Crippen LogP) is 2.54. The smallest absolute Gasteiger partial charge is 0.260 e. The van der Waals surface area contributed by atoms with E-state index in [1.54, 1.807) is 24.3 Å². The Morgan fingerprint density at radius 3 is 2.57 bits per heavy atom. The summed E-state index contributed by atoms with van der Waals surface area (Å²) < 4.78 is 5.65. The summed E-state index contributed by atoms with van der Waals surface area (Å²) >= 11 is 0. The molecule has 21 heavy (non-hydrogen) atoms. The van der Waals surface area contributed by atoms with Gasteiger partial charge in [-0.05, 0) is 6.07 Å². The molecule has 4 aromatic rings. The highest BCUT2D eigenvalue weighted by Crippen LogP contribution is 2.43. The van der Waals surface area contributed by atoms with Gasteiger partial charge in [0.15, 0.2) is 17.1 Å². The van der Waals surface area contributed by atoms with E-state index in [-0.39, 0.29) is 16.5 Å². The zero-order chi connectivity index (χ0) is 14.7. The predicted molar refractivity (Wildman–Crippen MR) is 76.8 cm³/mol. The number of benzene rings is 2. The Morgan fingerprint density at radius 2 is 1.76 bits per heavy atom. The van der Waals surface area contributed by atoms with Crippen LogP contribution in [0.5, 0.6) is 17.2 Å². The topological polar surface area (TPSA) is 107 Å². The number of H-pyrrole nitrogens is 1. The Balaban J connectivity index is 2.39. The van der Waals surface area contributed by atoms with Crippen molar-refractivity contribution in [2.45, 2.75) is 0 Å². The molecular formula is C15H9NO5. The van der Waals surface area contributed by atoms with Crippen LogP contribution < -0.4 is 5.56 Å². The van der Waals surface area contributed by atoms with Crippen LogP contribution in [0.3, 0.4) is 0 Å². The Labute approximate surface area is 116 Å². The molecule has 0 aliphatic heterocycles. The molecule has 0 aliphatic rings. The zero-order valence-corrected chi connectivity index (χ0v) is 10.5. The summed E-state index contributed by atoms with van der Waals surface area (Å²) in [6, 6.07) is 8.15. The van der Waals surface area contributed by atoms with E-state index in [4.69, 9.17) is 4.42 Å². The van der Waals surface area contributed by atoms with Crippen molar-refractivity contribution in [2.75, 3.05) is 0 Å². The van der Waals surface area contributed by atoms with E-state index in [9.17, 15) is 20.1 Å². The van der Waals surface area contributed by atoms with E-state index in [1.807, 2.05) is 0 Å². The maximum atomic E-state index is 12.2. The molecule has 104 valence electrons. The van der Waals surface area contributed by atoms with Gasteiger partial charge in [0.25, 0.3) is 5.56 Å². The molecule has 0 fully saturated rings. The first-order valence-electron chi connectivity index (χ1n) is 6.19. The van der Waals surface area contributed by atoms with Crippen LogP contribution >= 0.6 is 0 Å². The standard InChI is InChI=1S/C15H9NO5/c17-8-5-7-11(13(19)12(8)18)14-10(15(20)16-7)6-3-1-2-4-9(6)21-14/h1-5,17-19H,(H,16,20). The van der Waals surface area contributed by atoms with Gasteiger partial charge >= 0.3 is 0 Å². The Bertz CT molecular complexity index is 1090. The monoisotopic (exact) mass is 283 g/mol. The SMILES string of the molecule is O=c1[nH]c2cc(O)c(O)c(O)c2c2oc3ccccc3c12. The van der Waals surface area contributed by atoms with Crippen molar-refractivity contribution in [1.29, 1.82) is 0 Å². The van der Waals surface area contributed by atoms with Crippen molar-refractivity contribution in [1.82, 2.24) is 4.98 Å². The Morgan fingerprint density at radius 1 is 1.00 bits per heavy atom. The normalized spacial score (nSPS) is 11.6. The summed E-state index contributed by atoms with van der Waals surface area (Å²) in [6.45, 7) is 0. The number of rotatable bonds is 0. The van der Waals surface area contributed by atoms with Crippen LogP contribution in [0.15, 0.2) is 39.5 Å². The van der Waals surface area contributed by atoms with E-state index in [1.165, 1.54) is 6.07 Å². The van der Waals surface area contributed by atoms with E-state index < -0.39 is 22.8 Å². The maximum absolute atomic E-state index is 12.2. The number of aromatic nitrogens is 1. The van der Waals surface area contributed by atoms with E-state index in [2.05, 4.69) is 4.98 Å². The lowest BCUT2D eigenvalue weighted by molar-refractivity contribution is 0.371. The first-order chi connectivity index (χ1) is 10.1. The van der Waals surface area contributed by atoms with E-state index in [0.29, 0.717) is 16.4 Å². The largest absolute Gasteiger partial charge is 0.504 e. The number of nitrogens with one attached hydrogen (secondary N) is 1. The second kappa shape index (κ2) is 3.69. The molecule has 6 nitrogen and oxygen atoms in total. The number of para-hydroxylation sites is 1. The minimum Gasteiger partial charge on any atom is -0.504 e. The van der Waals surface area contributed by atoms with Crippen molar-refractivity contribution in [3.05, 3.63) is 40.7 Å². The first kappa shape index (κ1) is 11.7. The molecular weight excluding hydrogens is 274 g/mol. The molecule has 0 saturated heterocycles. The molecule has 0 saturated carbocycles. The molecule has 0 amide bonds. The van der Waals surface area contributed by atoms with Gasteiger partial charge in [0.05, 0.1) is 16.3 Å². The molecule has 4 N–H and O–H groups in total. The number of aromatic hydroxyl groups is 3. The molecule has 2 heterocycles. The lowest BCUT2D eigenvalue weighted by Gasteiger charge is -2.05. The summed E-state index contributed by atoms with van der Waals surface area (Å²) in [5, 5.41) is 30.3. The van der Waals surface area contributed by atoms with Crippen LogP contribution in [-0.4, -0.2) is 20.3 Å². The fourth-order valence-corrected chi connectivity index (χ4v) is 2.60. The number of hydrogen-bond acceptors (Lipinski definition) is 5.